The summed E-state index contributed by atoms with van der Waals surface area (Å²) in [7, 11) is 1.19. The average Bonchev–Trinajstić information content (AvgIpc) is 2.90. The van der Waals surface area contributed by atoms with Gasteiger partial charge in [-0.25, -0.2) is 4.98 Å². The lowest BCUT2D eigenvalue weighted by Crippen LogP contribution is -2.63. The Kier molecular flexibility index (Phi) is 8.43. The Hall–Kier alpha value is -2.65. The predicted molar refractivity (Wildman–Crippen MR) is 137 cm³/mol. The molecule has 2 aliphatic rings. The normalized spacial score (nSPS) is 19.5. The van der Waals surface area contributed by atoms with Crippen LogP contribution in [0.25, 0.3) is 0 Å². The lowest BCUT2D eigenvalue weighted by atomic mass is 9.81. The number of hydrogen-bond acceptors (Lipinski definition) is 5. The molecule has 1 N–H and O–H groups in total. The molecule has 1 amide bonds. The molecule has 1 atom stereocenters. The van der Waals surface area contributed by atoms with E-state index < -0.39 is 17.6 Å². The smallest absolute Gasteiger partial charge is 0.357 e. The number of alkyl halides is 3. The van der Waals surface area contributed by atoms with Gasteiger partial charge in [0.15, 0.2) is 6.29 Å². The van der Waals surface area contributed by atoms with Crippen LogP contribution >= 0.6 is 11.6 Å². The van der Waals surface area contributed by atoms with E-state index >= 15 is 0 Å². The van der Waals surface area contributed by atoms with E-state index in [4.69, 9.17) is 11.6 Å². The fourth-order valence-electron chi connectivity index (χ4n) is 5.67. The summed E-state index contributed by atoms with van der Waals surface area (Å²) < 4.78 is 43.0. The van der Waals surface area contributed by atoms with E-state index in [0.29, 0.717) is 49.6 Å². The fourth-order valence-corrected chi connectivity index (χ4v) is 5.86. The highest BCUT2D eigenvalue weighted by molar-refractivity contribution is 6.31. The molecule has 200 valence electrons. The Bertz CT molecular complexity index is 1080. The number of amides is 1. The first kappa shape index (κ1) is 27.4. The Morgan fingerprint density at radius 2 is 1.62 bits per heavy atom. The van der Waals surface area contributed by atoms with Crippen molar-refractivity contribution >= 4 is 29.6 Å². The van der Waals surface area contributed by atoms with Gasteiger partial charge in [-0.2, -0.15) is 13.2 Å². The summed E-state index contributed by atoms with van der Waals surface area (Å²) in [6.07, 6.45) is 0.276. The van der Waals surface area contributed by atoms with Gasteiger partial charge in [0.05, 0.1) is 5.56 Å². The number of hydrogen-bond donors (Lipinski definition) is 1. The number of piperidine rings is 2. The molecule has 37 heavy (non-hydrogen) atoms. The molecule has 4 rings (SSSR count). The molecule has 1 aromatic heterocycles. The maximum Gasteiger partial charge on any atom is 0.419 e. The van der Waals surface area contributed by atoms with Crippen molar-refractivity contribution in [1.29, 1.82) is 0 Å². The number of likely N-dealkylation sites (N-methyl/N-ethyl adjacent to an activating group) is 1. The second kappa shape index (κ2) is 11.4. The minimum absolute atomic E-state index is 0.0968. The van der Waals surface area contributed by atoms with Crippen LogP contribution < -0.4 is 10.2 Å². The third kappa shape index (κ3) is 5.62. The standard InChI is InChI=1S/C27H32ClF3N4O2/c1-32-26(27(29,30)31,22-5-3-2-4-6-22)25(37)35-15-11-20(12-16-35)17-19-9-13-34(14-10-19)23-8-7-21(18-36)24(28)33-23/h2-8,18-20,32H,9-17H2,1H3. The van der Waals surface area contributed by atoms with Crippen LogP contribution in [0.15, 0.2) is 42.5 Å². The summed E-state index contributed by atoms with van der Waals surface area (Å²) in [5.41, 5.74) is -2.48. The van der Waals surface area contributed by atoms with E-state index in [2.05, 4.69) is 15.2 Å². The summed E-state index contributed by atoms with van der Waals surface area (Å²) in [4.78, 5) is 32.2. The number of benzene rings is 1. The highest BCUT2D eigenvalue weighted by Gasteiger charge is 2.62. The second-order valence-corrected chi connectivity index (χ2v) is 10.3. The molecule has 1 unspecified atom stereocenters. The number of likely N-dealkylation sites (tertiary alicyclic amines) is 1. The summed E-state index contributed by atoms with van der Waals surface area (Å²) in [6.45, 7) is 2.30. The van der Waals surface area contributed by atoms with Crippen molar-refractivity contribution in [3.05, 3.63) is 58.7 Å². The zero-order valence-electron chi connectivity index (χ0n) is 20.8. The summed E-state index contributed by atoms with van der Waals surface area (Å²) in [5, 5.41) is 2.53. The topological polar surface area (TPSA) is 65.5 Å². The molecule has 1 aromatic carbocycles. The molecule has 2 fully saturated rings. The van der Waals surface area contributed by atoms with Gasteiger partial charge in [-0.15, -0.1) is 0 Å². The fraction of sp³-hybridized carbons (Fsp3) is 0.519. The summed E-state index contributed by atoms with van der Waals surface area (Å²) in [6, 6.07) is 10.9. The quantitative estimate of drug-likeness (QED) is 0.395. The molecule has 3 heterocycles. The monoisotopic (exact) mass is 536 g/mol. The van der Waals surface area contributed by atoms with Crippen molar-refractivity contribution in [3.63, 3.8) is 0 Å². The maximum atomic E-state index is 14.3. The largest absolute Gasteiger partial charge is 0.419 e. The molecule has 2 saturated heterocycles. The number of aromatic nitrogens is 1. The Morgan fingerprint density at radius 1 is 1.03 bits per heavy atom. The Labute approximate surface area is 220 Å². The highest BCUT2D eigenvalue weighted by atomic mass is 35.5. The molecule has 0 aliphatic carbocycles. The maximum absolute atomic E-state index is 14.3. The third-order valence-corrected chi connectivity index (χ3v) is 8.13. The Balaban J connectivity index is 1.32. The number of anilines is 1. The number of pyridine rings is 1. The van der Waals surface area contributed by atoms with Crippen LogP contribution in [0.5, 0.6) is 0 Å². The molecule has 10 heteroatoms. The molecule has 0 bridgehead atoms. The van der Waals surface area contributed by atoms with Gasteiger partial charge in [-0.05, 0) is 68.7 Å². The minimum atomic E-state index is -4.78. The zero-order valence-corrected chi connectivity index (χ0v) is 21.6. The third-order valence-electron chi connectivity index (χ3n) is 7.82. The first-order valence-electron chi connectivity index (χ1n) is 12.7. The number of aldehydes is 1. The summed E-state index contributed by atoms with van der Waals surface area (Å²) >= 11 is 6.07. The van der Waals surface area contributed by atoms with Crippen LogP contribution in [0, 0.1) is 11.8 Å². The van der Waals surface area contributed by atoms with E-state index in [1.807, 2.05) is 6.07 Å². The number of rotatable bonds is 7. The number of carbonyl (C=O) groups is 2. The molecule has 2 aliphatic heterocycles. The van der Waals surface area contributed by atoms with Gasteiger partial charge in [-0.3, -0.25) is 14.9 Å². The van der Waals surface area contributed by atoms with Gasteiger partial charge < -0.3 is 9.80 Å². The van der Waals surface area contributed by atoms with Gasteiger partial charge in [0.25, 0.3) is 5.91 Å². The van der Waals surface area contributed by atoms with Crippen LogP contribution in [0.1, 0.15) is 48.0 Å². The highest BCUT2D eigenvalue weighted by Crippen LogP contribution is 2.41. The lowest BCUT2D eigenvalue weighted by molar-refractivity contribution is -0.208. The molecular formula is C27H32ClF3N4O2. The minimum Gasteiger partial charge on any atom is -0.357 e. The van der Waals surface area contributed by atoms with Gasteiger partial charge in [0, 0.05) is 26.2 Å². The summed E-state index contributed by atoms with van der Waals surface area (Å²) in [5.74, 6) is 0.722. The molecule has 2 aromatic rings. The van der Waals surface area contributed by atoms with Crippen molar-refractivity contribution < 1.29 is 22.8 Å². The Morgan fingerprint density at radius 3 is 2.14 bits per heavy atom. The number of carbonyl (C=O) groups excluding carboxylic acids is 2. The molecular weight excluding hydrogens is 505 g/mol. The average molecular weight is 537 g/mol. The molecule has 6 nitrogen and oxygen atoms in total. The van der Waals surface area contributed by atoms with Gasteiger partial charge in [-0.1, -0.05) is 41.9 Å². The van der Waals surface area contributed by atoms with E-state index in [1.165, 1.54) is 36.2 Å². The van der Waals surface area contributed by atoms with Crippen molar-refractivity contribution in [1.82, 2.24) is 15.2 Å². The van der Waals surface area contributed by atoms with Gasteiger partial charge in [0.2, 0.25) is 5.54 Å². The van der Waals surface area contributed by atoms with Crippen molar-refractivity contribution in [2.45, 2.75) is 43.8 Å². The number of nitrogens with zero attached hydrogens (tertiary/aromatic N) is 3. The van der Waals surface area contributed by atoms with E-state index in [-0.39, 0.29) is 10.7 Å². The van der Waals surface area contributed by atoms with Crippen LogP contribution in [0.3, 0.4) is 0 Å². The predicted octanol–water partition coefficient (Wildman–Crippen LogP) is 5.07. The van der Waals surface area contributed by atoms with E-state index in [9.17, 15) is 22.8 Å². The van der Waals surface area contributed by atoms with E-state index in [1.54, 1.807) is 12.1 Å². The van der Waals surface area contributed by atoms with E-state index in [0.717, 1.165) is 38.2 Å². The number of halogens is 4. The van der Waals surface area contributed by atoms with Crippen molar-refractivity contribution in [3.8, 4) is 0 Å². The van der Waals surface area contributed by atoms with Crippen LogP contribution in [-0.4, -0.2) is 61.5 Å². The van der Waals surface area contributed by atoms with Crippen LogP contribution in [0.4, 0.5) is 19.0 Å². The second-order valence-electron chi connectivity index (χ2n) is 9.93. The SMILES string of the molecule is CNC(C(=O)N1CCC(CC2CCN(c3ccc(C=O)c(Cl)n3)CC2)CC1)(c1ccccc1)C(F)(F)F. The van der Waals surface area contributed by atoms with Gasteiger partial charge in [0.1, 0.15) is 11.0 Å². The van der Waals surface area contributed by atoms with Gasteiger partial charge >= 0.3 is 6.18 Å². The molecule has 0 spiro atoms. The lowest BCUT2D eigenvalue weighted by Gasteiger charge is -2.42. The first-order chi connectivity index (χ1) is 17.7. The molecule has 0 radical (unpaired) electrons. The molecule has 0 saturated carbocycles. The number of nitrogens with one attached hydrogen (secondary N) is 1. The van der Waals surface area contributed by atoms with Crippen molar-refractivity contribution in [2.24, 2.45) is 11.8 Å². The van der Waals surface area contributed by atoms with Crippen molar-refractivity contribution in [2.75, 3.05) is 38.1 Å². The van der Waals surface area contributed by atoms with Crippen LogP contribution in [0.2, 0.25) is 5.15 Å². The zero-order chi connectivity index (χ0) is 26.6. The van der Waals surface area contributed by atoms with Crippen LogP contribution in [-0.2, 0) is 10.3 Å². The first-order valence-corrected chi connectivity index (χ1v) is 13.0.